The summed E-state index contributed by atoms with van der Waals surface area (Å²) in [6.07, 6.45) is 2.93. The van der Waals surface area contributed by atoms with E-state index in [0.717, 1.165) is 46.8 Å². The summed E-state index contributed by atoms with van der Waals surface area (Å²) in [5.41, 5.74) is 1.99. The normalized spacial score (nSPS) is 18.6. The third kappa shape index (κ3) is 4.88. The van der Waals surface area contributed by atoms with E-state index in [-0.39, 0.29) is 18.4 Å². The van der Waals surface area contributed by atoms with Crippen LogP contribution in [0.15, 0.2) is 28.5 Å². The first-order valence-electron chi connectivity index (χ1n) is 10.7. The van der Waals surface area contributed by atoms with Gasteiger partial charge in [0, 0.05) is 42.1 Å². The Morgan fingerprint density at radius 3 is 2.81 bits per heavy atom. The number of rotatable bonds is 8. The highest BCUT2D eigenvalue weighted by Crippen LogP contribution is 2.35. The Bertz CT molecular complexity index is 1060. The van der Waals surface area contributed by atoms with Crippen molar-refractivity contribution >= 4 is 27.3 Å². The molecule has 7 nitrogen and oxygen atoms in total. The number of sulfonamides is 1. The summed E-state index contributed by atoms with van der Waals surface area (Å²) in [6.45, 7) is 5.96. The minimum atomic E-state index is -3.44. The summed E-state index contributed by atoms with van der Waals surface area (Å²) >= 11 is 1.17. The van der Waals surface area contributed by atoms with E-state index in [9.17, 15) is 13.2 Å². The molecule has 1 amide bonds. The van der Waals surface area contributed by atoms with E-state index in [2.05, 4.69) is 5.32 Å². The lowest BCUT2D eigenvalue weighted by molar-refractivity contribution is -0.120. The molecule has 0 saturated carbocycles. The van der Waals surface area contributed by atoms with Gasteiger partial charge in [0.15, 0.2) is 0 Å². The number of hydrogen-bond donors (Lipinski definition) is 1. The molecule has 1 fully saturated rings. The van der Waals surface area contributed by atoms with Gasteiger partial charge in [-0.1, -0.05) is 0 Å². The van der Waals surface area contributed by atoms with Crippen molar-refractivity contribution in [3.63, 3.8) is 0 Å². The van der Waals surface area contributed by atoms with E-state index in [4.69, 9.17) is 9.47 Å². The van der Waals surface area contributed by atoms with Gasteiger partial charge in [-0.2, -0.15) is 4.31 Å². The highest BCUT2D eigenvalue weighted by atomic mass is 32.2. The predicted octanol–water partition coefficient (Wildman–Crippen LogP) is 3.11. The quantitative estimate of drug-likeness (QED) is 0.649. The monoisotopic (exact) mass is 464 g/mol. The summed E-state index contributed by atoms with van der Waals surface area (Å²) in [5.74, 6) is 1.44. The Morgan fingerprint density at radius 2 is 2.06 bits per heavy atom. The van der Waals surface area contributed by atoms with Crippen LogP contribution < -0.4 is 14.8 Å². The minimum Gasteiger partial charge on any atom is -0.494 e. The molecule has 168 valence electrons. The van der Waals surface area contributed by atoms with Crippen LogP contribution in [0, 0.1) is 0 Å². The maximum Gasteiger partial charge on any atom is 0.252 e. The average molecular weight is 465 g/mol. The Balaban J connectivity index is 1.39. The number of hydrogen-bond acceptors (Lipinski definition) is 6. The molecule has 0 spiro atoms. The Labute approximate surface area is 187 Å². The van der Waals surface area contributed by atoms with E-state index >= 15 is 0 Å². The molecule has 2 aliphatic rings. The minimum absolute atomic E-state index is 0.138. The fraction of sp³-hybridized carbons (Fsp3) is 0.500. The van der Waals surface area contributed by atoms with E-state index in [0.29, 0.717) is 30.5 Å². The van der Waals surface area contributed by atoms with Crippen LogP contribution in [-0.4, -0.2) is 44.4 Å². The zero-order valence-corrected chi connectivity index (χ0v) is 19.5. The van der Waals surface area contributed by atoms with Gasteiger partial charge in [0.2, 0.25) is 5.91 Å². The van der Waals surface area contributed by atoms with Crippen molar-refractivity contribution in [2.45, 2.75) is 56.4 Å². The maximum atomic E-state index is 12.7. The van der Waals surface area contributed by atoms with Crippen molar-refractivity contribution in [2.24, 2.45) is 0 Å². The van der Waals surface area contributed by atoms with Gasteiger partial charge >= 0.3 is 0 Å². The molecule has 4 rings (SSSR count). The Morgan fingerprint density at radius 1 is 1.29 bits per heavy atom. The van der Waals surface area contributed by atoms with Crippen LogP contribution in [0.25, 0.3) is 0 Å². The van der Waals surface area contributed by atoms with E-state index in [1.807, 2.05) is 26.0 Å². The molecule has 1 N–H and O–H groups in total. The summed E-state index contributed by atoms with van der Waals surface area (Å²) in [6, 6.07) is 7.27. The third-order valence-corrected chi connectivity index (χ3v) is 8.94. The number of carbonyl (C=O) groups is 1. The molecule has 0 bridgehead atoms. The van der Waals surface area contributed by atoms with Gasteiger partial charge in [-0.15, -0.1) is 11.3 Å². The lowest BCUT2D eigenvalue weighted by atomic mass is 10.1. The fourth-order valence-corrected chi connectivity index (χ4v) is 7.00. The standard InChI is InChI=1S/C22H28N2O5S2/c1-3-28-19-11-16-10-15(2)29-20(16)12-17(19)14-23-21(25)13-18-6-7-22(30-18)31(26,27)24-8-4-5-9-24/h6-7,11-12,15H,3-5,8-10,13-14H2,1-2H3,(H,23,25)/t15-/m0/s1. The van der Waals surface area contributed by atoms with Gasteiger partial charge in [0.05, 0.1) is 13.0 Å². The van der Waals surface area contributed by atoms with Crippen LogP contribution in [-0.2, 0) is 34.2 Å². The van der Waals surface area contributed by atoms with Gasteiger partial charge in [0.1, 0.15) is 21.8 Å². The second-order valence-corrected chi connectivity index (χ2v) is 11.3. The molecular formula is C22H28N2O5S2. The number of carbonyl (C=O) groups excluding carboxylic acids is 1. The number of nitrogens with zero attached hydrogens (tertiary/aromatic N) is 1. The second kappa shape index (κ2) is 9.18. The molecule has 1 saturated heterocycles. The van der Waals surface area contributed by atoms with Crippen molar-refractivity contribution in [1.29, 1.82) is 0 Å². The van der Waals surface area contributed by atoms with Crippen molar-refractivity contribution in [3.8, 4) is 11.5 Å². The number of fused-ring (bicyclic) bond motifs is 1. The zero-order chi connectivity index (χ0) is 22.0. The lowest BCUT2D eigenvalue weighted by Crippen LogP contribution is -2.27. The first kappa shape index (κ1) is 22.1. The molecule has 2 aromatic rings. The van der Waals surface area contributed by atoms with E-state index in [1.54, 1.807) is 12.1 Å². The van der Waals surface area contributed by atoms with Crippen molar-refractivity contribution in [2.75, 3.05) is 19.7 Å². The van der Waals surface area contributed by atoms with Gasteiger partial charge in [-0.05, 0) is 51.0 Å². The van der Waals surface area contributed by atoms with Crippen LogP contribution in [0.1, 0.15) is 42.7 Å². The Kier molecular flexibility index (Phi) is 6.55. The molecule has 0 unspecified atom stereocenters. The highest BCUT2D eigenvalue weighted by molar-refractivity contribution is 7.91. The van der Waals surface area contributed by atoms with Crippen molar-refractivity contribution in [1.82, 2.24) is 9.62 Å². The first-order valence-corrected chi connectivity index (χ1v) is 12.9. The molecule has 31 heavy (non-hydrogen) atoms. The topological polar surface area (TPSA) is 84.9 Å². The fourth-order valence-electron chi connectivity index (χ4n) is 3.97. The molecule has 0 aliphatic carbocycles. The van der Waals surface area contributed by atoms with Gasteiger partial charge < -0.3 is 14.8 Å². The molecular weight excluding hydrogens is 436 g/mol. The highest BCUT2D eigenvalue weighted by Gasteiger charge is 2.28. The first-order chi connectivity index (χ1) is 14.9. The molecule has 2 aliphatic heterocycles. The van der Waals surface area contributed by atoms with Crippen LogP contribution >= 0.6 is 11.3 Å². The van der Waals surface area contributed by atoms with Gasteiger partial charge in [-0.3, -0.25) is 4.79 Å². The number of amides is 1. The summed E-state index contributed by atoms with van der Waals surface area (Å²) < 4.78 is 38.8. The molecule has 0 radical (unpaired) electrons. The van der Waals surface area contributed by atoms with Crippen LogP contribution in [0.2, 0.25) is 0 Å². The second-order valence-electron chi connectivity index (χ2n) is 7.92. The summed E-state index contributed by atoms with van der Waals surface area (Å²) in [5, 5.41) is 2.92. The van der Waals surface area contributed by atoms with E-state index < -0.39 is 10.0 Å². The molecule has 1 aromatic heterocycles. The van der Waals surface area contributed by atoms with E-state index in [1.165, 1.54) is 15.6 Å². The maximum absolute atomic E-state index is 12.7. The zero-order valence-electron chi connectivity index (χ0n) is 17.8. The smallest absolute Gasteiger partial charge is 0.252 e. The summed E-state index contributed by atoms with van der Waals surface area (Å²) in [4.78, 5) is 13.2. The largest absolute Gasteiger partial charge is 0.494 e. The van der Waals surface area contributed by atoms with Crippen LogP contribution in [0.5, 0.6) is 11.5 Å². The average Bonchev–Trinajstić information content (AvgIpc) is 3.47. The summed E-state index contributed by atoms with van der Waals surface area (Å²) in [7, 11) is -3.44. The predicted molar refractivity (Wildman–Crippen MR) is 119 cm³/mol. The number of benzene rings is 1. The SMILES string of the molecule is CCOc1cc2c(cc1CNC(=O)Cc1ccc(S(=O)(=O)N3CCCC3)s1)O[C@@H](C)C2. The number of nitrogens with one attached hydrogen (secondary N) is 1. The molecule has 1 aromatic carbocycles. The lowest BCUT2D eigenvalue weighted by Gasteiger charge is -2.13. The molecule has 9 heteroatoms. The van der Waals surface area contributed by atoms with Crippen molar-refractivity contribution < 1.29 is 22.7 Å². The number of ether oxygens (including phenoxy) is 2. The number of thiophene rings is 1. The van der Waals surface area contributed by atoms with Gasteiger partial charge in [0.25, 0.3) is 10.0 Å². The van der Waals surface area contributed by atoms with Crippen LogP contribution in [0.4, 0.5) is 0 Å². The Hall–Kier alpha value is -2.10. The molecule has 3 heterocycles. The van der Waals surface area contributed by atoms with Gasteiger partial charge in [-0.25, -0.2) is 8.42 Å². The molecule has 1 atom stereocenters. The third-order valence-electron chi connectivity index (χ3n) is 5.49. The van der Waals surface area contributed by atoms with Crippen molar-refractivity contribution in [3.05, 3.63) is 40.3 Å². The van der Waals surface area contributed by atoms with Crippen LogP contribution in [0.3, 0.4) is 0 Å².